The summed E-state index contributed by atoms with van der Waals surface area (Å²) in [6, 6.07) is 11.3. The Hall–Kier alpha value is -1.85. The van der Waals surface area contributed by atoms with Gasteiger partial charge in [-0.2, -0.15) is 0 Å². The molecule has 2 aromatic rings. The second-order valence-corrected chi connectivity index (χ2v) is 7.15. The number of aryl methyl sites for hydroxylation is 1. The SMILES string of the molecule is O=C(CCc1cccs1)N(Cc1ccccc1O)CC1CCCO1. The monoisotopic (exact) mass is 345 g/mol. The van der Waals surface area contributed by atoms with Crippen molar-refractivity contribution in [2.75, 3.05) is 13.2 Å². The number of hydrogen-bond acceptors (Lipinski definition) is 4. The highest BCUT2D eigenvalue weighted by atomic mass is 32.1. The lowest BCUT2D eigenvalue weighted by molar-refractivity contribution is -0.133. The normalized spacial score (nSPS) is 17.1. The van der Waals surface area contributed by atoms with E-state index in [4.69, 9.17) is 4.74 Å². The van der Waals surface area contributed by atoms with Crippen LogP contribution in [-0.4, -0.2) is 35.2 Å². The molecular weight excluding hydrogens is 322 g/mol. The van der Waals surface area contributed by atoms with Gasteiger partial charge >= 0.3 is 0 Å². The molecule has 0 spiro atoms. The third-order valence-corrected chi connectivity index (χ3v) is 5.26. The average Bonchev–Trinajstić information content (AvgIpc) is 3.27. The largest absolute Gasteiger partial charge is 0.508 e. The van der Waals surface area contributed by atoms with Crippen molar-refractivity contribution in [3.05, 3.63) is 52.2 Å². The van der Waals surface area contributed by atoms with Crippen LogP contribution in [-0.2, 0) is 22.5 Å². The second kappa shape index (κ2) is 8.31. The van der Waals surface area contributed by atoms with E-state index in [9.17, 15) is 9.90 Å². The molecule has 2 heterocycles. The zero-order chi connectivity index (χ0) is 16.8. The lowest BCUT2D eigenvalue weighted by Gasteiger charge is -2.26. The number of carbonyl (C=O) groups excluding carboxylic acids is 1. The van der Waals surface area contributed by atoms with Gasteiger partial charge in [0.2, 0.25) is 5.91 Å². The molecule has 0 saturated carbocycles. The molecule has 24 heavy (non-hydrogen) atoms. The minimum atomic E-state index is 0.113. The van der Waals surface area contributed by atoms with E-state index in [1.165, 1.54) is 4.88 Å². The Morgan fingerprint density at radius 3 is 2.88 bits per heavy atom. The molecule has 3 rings (SSSR count). The number of rotatable bonds is 7. The molecule has 1 aromatic carbocycles. The fourth-order valence-corrected chi connectivity index (χ4v) is 3.69. The summed E-state index contributed by atoms with van der Waals surface area (Å²) in [6.07, 6.45) is 3.41. The van der Waals surface area contributed by atoms with E-state index in [1.807, 2.05) is 28.5 Å². The number of ether oxygens (including phenoxy) is 1. The summed E-state index contributed by atoms with van der Waals surface area (Å²) < 4.78 is 5.70. The van der Waals surface area contributed by atoms with Gasteiger partial charge in [-0.1, -0.05) is 24.3 Å². The quantitative estimate of drug-likeness (QED) is 0.834. The van der Waals surface area contributed by atoms with Crippen LogP contribution in [0.5, 0.6) is 5.75 Å². The van der Waals surface area contributed by atoms with Crippen molar-refractivity contribution in [1.29, 1.82) is 0 Å². The van der Waals surface area contributed by atoms with E-state index in [2.05, 4.69) is 6.07 Å². The van der Waals surface area contributed by atoms with Crippen molar-refractivity contribution in [2.45, 2.75) is 38.3 Å². The fourth-order valence-electron chi connectivity index (χ4n) is 2.98. The first-order chi connectivity index (χ1) is 11.7. The number of benzene rings is 1. The third-order valence-electron chi connectivity index (χ3n) is 4.32. The van der Waals surface area contributed by atoms with E-state index in [0.29, 0.717) is 19.5 Å². The standard InChI is InChI=1S/C19H23NO3S/c21-18-8-2-1-5-15(18)13-20(14-16-6-3-11-23-16)19(22)10-9-17-7-4-12-24-17/h1-2,4-5,7-8,12,16,21H,3,6,9-11,13-14H2. The molecule has 0 bridgehead atoms. The van der Waals surface area contributed by atoms with Crippen LogP contribution in [0.4, 0.5) is 0 Å². The molecule has 1 fully saturated rings. The zero-order valence-corrected chi connectivity index (χ0v) is 14.5. The number of nitrogens with zero attached hydrogens (tertiary/aromatic N) is 1. The summed E-state index contributed by atoms with van der Waals surface area (Å²) in [6.45, 7) is 1.80. The lowest BCUT2D eigenvalue weighted by Crippen LogP contribution is -2.37. The highest BCUT2D eigenvalue weighted by molar-refractivity contribution is 7.09. The summed E-state index contributed by atoms with van der Waals surface area (Å²) in [5.74, 6) is 0.350. The molecule has 1 aromatic heterocycles. The number of thiophene rings is 1. The van der Waals surface area contributed by atoms with Crippen molar-refractivity contribution >= 4 is 17.2 Å². The number of phenolic OH excluding ortho intramolecular Hbond substituents is 1. The molecular formula is C19H23NO3S. The Labute approximate surface area is 146 Å². The first kappa shape index (κ1) is 17.0. The second-order valence-electron chi connectivity index (χ2n) is 6.12. The smallest absolute Gasteiger partial charge is 0.223 e. The molecule has 1 amide bonds. The van der Waals surface area contributed by atoms with Crippen molar-refractivity contribution in [2.24, 2.45) is 0 Å². The van der Waals surface area contributed by atoms with Gasteiger partial charge in [0.25, 0.3) is 0 Å². The number of amides is 1. The molecule has 4 nitrogen and oxygen atoms in total. The van der Waals surface area contributed by atoms with Crippen LogP contribution in [0, 0.1) is 0 Å². The van der Waals surface area contributed by atoms with Crippen LogP contribution in [0.25, 0.3) is 0 Å². The minimum Gasteiger partial charge on any atom is -0.508 e. The van der Waals surface area contributed by atoms with Crippen LogP contribution in [0.3, 0.4) is 0 Å². The first-order valence-electron chi connectivity index (χ1n) is 8.41. The zero-order valence-electron chi connectivity index (χ0n) is 13.7. The minimum absolute atomic E-state index is 0.113. The van der Waals surface area contributed by atoms with Crippen molar-refractivity contribution in [3.63, 3.8) is 0 Å². The summed E-state index contributed by atoms with van der Waals surface area (Å²) in [5.41, 5.74) is 0.778. The van der Waals surface area contributed by atoms with Crippen LogP contribution in [0.1, 0.15) is 29.7 Å². The molecule has 1 aliphatic heterocycles. The van der Waals surface area contributed by atoms with Gasteiger partial charge in [-0.15, -0.1) is 11.3 Å². The van der Waals surface area contributed by atoms with Crippen molar-refractivity contribution in [3.8, 4) is 5.75 Å². The molecule has 1 atom stereocenters. The fraction of sp³-hybridized carbons (Fsp3) is 0.421. The van der Waals surface area contributed by atoms with Gasteiger partial charge in [-0.3, -0.25) is 4.79 Å². The Bertz CT molecular complexity index is 650. The number of hydrogen-bond donors (Lipinski definition) is 1. The topological polar surface area (TPSA) is 49.8 Å². The van der Waals surface area contributed by atoms with Gasteiger partial charge in [0.05, 0.1) is 6.10 Å². The van der Waals surface area contributed by atoms with Crippen LogP contribution >= 0.6 is 11.3 Å². The van der Waals surface area contributed by atoms with Gasteiger partial charge in [0.1, 0.15) is 5.75 Å². The maximum absolute atomic E-state index is 12.7. The number of phenols is 1. The summed E-state index contributed by atoms with van der Waals surface area (Å²) >= 11 is 1.68. The molecule has 1 aliphatic rings. The Kier molecular flexibility index (Phi) is 5.88. The Morgan fingerprint density at radius 1 is 1.29 bits per heavy atom. The van der Waals surface area contributed by atoms with Crippen molar-refractivity contribution < 1.29 is 14.6 Å². The maximum Gasteiger partial charge on any atom is 0.223 e. The molecule has 128 valence electrons. The maximum atomic E-state index is 12.7. The molecule has 5 heteroatoms. The average molecular weight is 345 g/mol. The molecule has 1 saturated heterocycles. The summed E-state index contributed by atoms with van der Waals surface area (Å²) in [7, 11) is 0. The van der Waals surface area contributed by atoms with Crippen LogP contribution in [0.15, 0.2) is 41.8 Å². The first-order valence-corrected chi connectivity index (χ1v) is 9.29. The highest BCUT2D eigenvalue weighted by Gasteiger charge is 2.23. The van der Waals surface area contributed by atoms with Crippen molar-refractivity contribution in [1.82, 2.24) is 4.90 Å². The molecule has 1 N–H and O–H groups in total. The molecule has 0 radical (unpaired) electrons. The van der Waals surface area contributed by atoms with Gasteiger partial charge in [0.15, 0.2) is 0 Å². The molecule has 0 aliphatic carbocycles. The summed E-state index contributed by atoms with van der Waals surface area (Å²) in [5, 5.41) is 12.0. The Morgan fingerprint density at radius 2 is 2.17 bits per heavy atom. The predicted octanol–water partition coefficient (Wildman–Crippen LogP) is 3.59. The van der Waals surface area contributed by atoms with E-state index in [-0.39, 0.29) is 17.8 Å². The van der Waals surface area contributed by atoms with E-state index in [0.717, 1.165) is 31.4 Å². The lowest BCUT2D eigenvalue weighted by atomic mass is 10.1. The van der Waals surface area contributed by atoms with E-state index >= 15 is 0 Å². The van der Waals surface area contributed by atoms with Gasteiger partial charge in [-0.25, -0.2) is 0 Å². The van der Waals surface area contributed by atoms with Gasteiger partial charge in [-0.05, 0) is 36.8 Å². The highest BCUT2D eigenvalue weighted by Crippen LogP contribution is 2.21. The van der Waals surface area contributed by atoms with Gasteiger partial charge in [0, 0.05) is 36.6 Å². The van der Waals surface area contributed by atoms with Gasteiger partial charge < -0.3 is 14.7 Å². The summed E-state index contributed by atoms with van der Waals surface area (Å²) in [4.78, 5) is 15.8. The van der Waals surface area contributed by atoms with E-state index < -0.39 is 0 Å². The Balaban J connectivity index is 1.66. The van der Waals surface area contributed by atoms with Crippen LogP contribution < -0.4 is 0 Å². The molecule has 1 unspecified atom stereocenters. The van der Waals surface area contributed by atoms with Crippen LogP contribution in [0.2, 0.25) is 0 Å². The predicted molar refractivity (Wildman–Crippen MR) is 95.1 cm³/mol. The third kappa shape index (κ3) is 4.58. The number of carbonyl (C=O) groups is 1. The van der Waals surface area contributed by atoms with E-state index in [1.54, 1.807) is 23.5 Å². The number of para-hydroxylation sites is 1. The number of aromatic hydroxyl groups is 1.